The van der Waals surface area contributed by atoms with Gasteiger partial charge in [-0.15, -0.1) is 0 Å². The molecule has 1 aromatic carbocycles. The predicted molar refractivity (Wildman–Crippen MR) is 79.8 cm³/mol. The molecule has 0 spiro atoms. The van der Waals surface area contributed by atoms with Gasteiger partial charge in [0.25, 0.3) is 5.69 Å². The first-order valence-electron chi connectivity index (χ1n) is 7.30. The minimum absolute atomic E-state index is 0.00694. The average Bonchev–Trinajstić information content (AvgIpc) is 2.95. The second-order valence-electron chi connectivity index (χ2n) is 5.53. The molecule has 0 aromatic heterocycles. The molecule has 1 fully saturated rings. The van der Waals surface area contributed by atoms with E-state index in [1.807, 2.05) is 0 Å². The fourth-order valence-electron chi connectivity index (χ4n) is 2.94. The fourth-order valence-corrected chi connectivity index (χ4v) is 2.94. The number of hydrogen-bond donors (Lipinski definition) is 2. The minimum Gasteiger partial charge on any atom is -0.351 e. The van der Waals surface area contributed by atoms with Crippen LogP contribution in [-0.4, -0.2) is 23.9 Å². The van der Waals surface area contributed by atoms with E-state index >= 15 is 0 Å². The van der Waals surface area contributed by atoms with Crippen molar-refractivity contribution in [3.05, 3.63) is 39.9 Å². The normalized spacial score (nSPS) is 21.2. The summed E-state index contributed by atoms with van der Waals surface area (Å²) in [6, 6.07) is 6.51. The number of hydrogen-bond acceptors (Lipinski definition) is 4. The standard InChI is InChI=1S/C15H21N3O3/c1-2-7-15(8-9-16-11-15)14(19)17-10-12-5-3-4-6-13(12)18(20)21/h3-6,16H,2,7-11H2,1H3,(H,17,19). The van der Waals surface area contributed by atoms with Gasteiger partial charge in [0.2, 0.25) is 5.91 Å². The van der Waals surface area contributed by atoms with Crippen molar-refractivity contribution in [2.45, 2.75) is 32.7 Å². The smallest absolute Gasteiger partial charge is 0.274 e. The SMILES string of the molecule is CCCC1(C(=O)NCc2ccccc2[N+](=O)[O-])CCNC1. The molecule has 1 heterocycles. The number of nitro groups is 1. The lowest BCUT2D eigenvalue weighted by Crippen LogP contribution is -2.42. The number of amides is 1. The van der Waals surface area contributed by atoms with Crippen LogP contribution in [0.3, 0.4) is 0 Å². The van der Waals surface area contributed by atoms with Crippen LogP contribution in [0.25, 0.3) is 0 Å². The first kappa shape index (κ1) is 15.4. The summed E-state index contributed by atoms with van der Waals surface area (Å²) in [4.78, 5) is 23.0. The van der Waals surface area contributed by atoms with E-state index in [0.717, 1.165) is 25.8 Å². The van der Waals surface area contributed by atoms with Crippen LogP contribution in [0.2, 0.25) is 0 Å². The molecule has 1 aliphatic heterocycles. The van der Waals surface area contributed by atoms with Crippen molar-refractivity contribution in [2.24, 2.45) is 5.41 Å². The van der Waals surface area contributed by atoms with Gasteiger partial charge in [-0.1, -0.05) is 31.5 Å². The Kier molecular flexibility index (Phi) is 4.90. The zero-order valence-electron chi connectivity index (χ0n) is 12.2. The van der Waals surface area contributed by atoms with Crippen LogP contribution >= 0.6 is 0 Å². The van der Waals surface area contributed by atoms with Crippen molar-refractivity contribution in [2.75, 3.05) is 13.1 Å². The van der Waals surface area contributed by atoms with Crippen molar-refractivity contribution in [1.29, 1.82) is 0 Å². The van der Waals surface area contributed by atoms with Crippen LogP contribution in [-0.2, 0) is 11.3 Å². The first-order chi connectivity index (χ1) is 10.1. The molecular formula is C15H21N3O3. The van der Waals surface area contributed by atoms with Gasteiger partial charge in [0.1, 0.15) is 0 Å². The number of benzene rings is 1. The van der Waals surface area contributed by atoms with Crippen molar-refractivity contribution in [3.8, 4) is 0 Å². The van der Waals surface area contributed by atoms with Crippen molar-refractivity contribution < 1.29 is 9.72 Å². The maximum Gasteiger partial charge on any atom is 0.274 e. The van der Waals surface area contributed by atoms with Crippen LogP contribution in [0.5, 0.6) is 0 Å². The molecule has 21 heavy (non-hydrogen) atoms. The molecule has 1 aliphatic rings. The highest BCUT2D eigenvalue weighted by Gasteiger charge is 2.40. The Hall–Kier alpha value is -1.95. The molecule has 6 heteroatoms. The third-order valence-electron chi connectivity index (χ3n) is 4.08. The third-order valence-corrected chi connectivity index (χ3v) is 4.08. The summed E-state index contributed by atoms with van der Waals surface area (Å²) in [5, 5.41) is 17.1. The van der Waals surface area contributed by atoms with E-state index < -0.39 is 4.92 Å². The summed E-state index contributed by atoms with van der Waals surface area (Å²) in [7, 11) is 0. The summed E-state index contributed by atoms with van der Waals surface area (Å²) in [5.41, 5.74) is 0.221. The van der Waals surface area contributed by atoms with Crippen molar-refractivity contribution in [3.63, 3.8) is 0 Å². The molecule has 1 saturated heterocycles. The molecule has 2 rings (SSSR count). The summed E-state index contributed by atoms with van der Waals surface area (Å²) in [5.74, 6) is -0.00694. The van der Waals surface area contributed by atoms with Crippen LogP contribution in [0.1, 0.15) is 31.7 Å². The molecule has 6 nitrogen and oxygen atoms in total. The van der Waals surface area contributed by atoms with Gasteiger partial charge in [-0.2, -0.15) is 0 Å². The van der Waals surface area contributed by atoms with Gasteiger partial charge in [0.05, 0.1) is 10.3 Å². The topological polar surface area (TPSA) is 84.3 Å². The zero-order chi connectivity index (χ0) is 15.3. The van der Waals surface area contributed by atoms with E-state index in [4.69, 9.17) is 0 Å². The number of rotatable bonds is 6. The van der Waals surface area contributed by atoms with Gasteiger partial charge in [0.15, 0.2) is 0 Å². The van der Waals surface area contributed by atoms with Gasteiger partial charge in [0, 0.05) is 24.7 Å². The molecule has 0 aliphatic carbocycles. The summed E-state index contributed by atoms with van der Waals surface area (Å²) in [6.45, 7) is 3.79. The van der Waals surface area contributed by atoms with E-state index in [1.165, 1.54) is 6.07 Å². The highest BCUT2D eigenvalue weighted by atomic mass is 16.6. The fraction of sp³-hybridized carbons (Fsp3) is 0.533. The number of nitro benzene ring substituents is 1. The number of carbonyl (C=O) groups excluding carboxylic acids is 1. The molecule has 0 saturated carbocycles. The van der Waals surface area contributed by atoms with E-state index in [9.17, 15) is 14.9 Å². The van der Waals surface area contributed by atoms with Gasteiger partial charge >= 0.3 is 0 Å². The Bertz CT molecular complexity index is 525. The van der Waals surface area contributed by atoms with Crippen LogP contribution < -0.4 is 10.6 Å². The number of nitrogens with one attached hydrogen (secondary N) is 2. The molecule has 1 aromatic rings. The summed E-state index contributed by atoms with van der Waals surface area (Å²) in [6.07, 6.45) is 2.60. The van der Waals surface area contributed by atoms with Gasteiger partial charge in [-0.3, -0.25) is 14.9 Å². The van der Waals surface area contributed by atoms with Crippen molar-refractivity contribution >= 4 is 11.6 Å². The Morgan fingerprint density at radius 2 is 2.24 bits per heavy atom. The number of para-hydroxylation sites is 1. The Morgan fingerprint density at radius 3 is 2.86 bits per heavy atom. The lowest BCUT2D eigenvalue weighted by Gasteiger charge is -2.26. The quantitative estimate of drug-likeness (QED) is 0.620. The Balaban J connectivity index is 2.05. The van der Waals surface area contributed by atoms with Gasteiger partial charge in [-0.05, 0) is 19.4 Å². The lowest BCUT2D eigenvalue weighted by molar-refractivity contribution is -0.385. The zero-order valence-corrected chi connectivity index (χ0v) is 12.2. The largest absolute Gasteiger partial charge is 0.351 e. The molecule has 0 radical (unpaired) electrons. The number of nitrogens with zero attached hydrogens (tertiary/aromatic N) is 1. The average molecular weight is 291 g/mol. The molecule has 1 amide bonds. The second kappa shape index (κ2) is 6.67. The van der Waals surface area contributed by atoms with Gasteiger partial charge < -0.3 is 10.6 Å². The maximum atomic E-state index is 12.5. The maximum absolute atomic E-state index is 12.5. The number of carbonyl (C=O) groups is 1. The monoisotopic (exact) mass is 291 g/mol. The Morgan fingerprint density at radius 1 is 1.48 bits per heavy atom. The third kappa shape index (κ3) is 3.39. The summed E-state index contributed by atoms with van der Waals surface area (Å²) < 4.78 is 0. The van der Waals surface area contributed by atoms with E-state index in [-0.39, 0.29) is 23.6 Å². The Labute approximate surface area is 124 Å². The van der Waals surface area contributed by atoms with Crippen LogP contribution in [0.4, 0.5) is 5.69 Å². The molecule has 0 bridgehead atoms. The molecule has 1 atom stereocenters. The van der Waals surface area contributed by atoms with Gasteiger partial charge in [-0.25, -0.2) is 0 Å². The first-order valence-corrected chi connectivity index (χ1v) is 7.30. The minimum atomic E-state index is -0.416. The molecule has 114 valence electrons. The molecule has 2 N–H and O–H groups in total. The second-order valence-corrected chi connectivity index (χ2v) is 5.53. The lowest BCUT2D eigenvalue weighted by atomic mass is 9.81. The highest BCUT2D eigenvalue weighted by Crippen LogP contribution is 2.31. The van der Waals surface area contributed by atoms with E-state index in [2.05, 4.69) is 17.6 Å². The van der Waals surface area contributed by atoms with E-state index in [0.29, 0.717) is 12.1 Å². The highest BCUT2D eigenvalue weighted by molar-refractivity contribution is 5.83. The summed E-state index contributed by atoms with van der Waals surface area (Å²) >= 11 is 0. The van der Waals surface area contributed by atoms with Crippen LogP contribution in [0, 0.1) is 15.5 Å². The van der Waals surface area contributed by atoms with Crippen LogP contribution in [0.15, 0.2) is 24.3 Å². The van der Waals surface area contributed by atoms with Crippen molar-refractivity contribution in [1.82, 2.24) is 10.6 Å². The predicted octanol–water partition coefficient (Wildman–Crippen LogP) is 1.99. The molecule has 1 unspecified atom stereocenters. The molecular weight excluding hydrogens is 270 g/mol. The van der Waals surface area contributed by atoms with E-state index in [1.54, 1.807) is 18.2 Å².